The monoisotopic (exact) mass is 270 g/mol. The lowest BCUT2D eigenvalue weighted by atomic mass is 10.2. The van der Waals surface area contributed by atoms with E-state index in [0.717, 1.165) is 0 Å². The minimum absolute atomic E-state index is 0.372. The van der Waals surface area contributed by atoms with Gasteiger partial charge in [-0.2, -0.15) is 0 Å². The predicted molar refractivity (Wildman–Crippen MR) is 60.5 cm³/mol. The summed E-state index contributed by atoms with van der Waals surface area (Å²) in [5.41, 5.74) is 0.479. The topological polar surface area (TPSA) is 43.4 Å². The number of esters is 1. The van der Waals surface area contributed by atoms with E-state index < -0.39 is 10.3 Å². The van der Waals surface area contributed by atoms with Gasteiger partial charge in [0, 0.05) is 5.56 Å². The van der Waals surface area contributed by atoms with E-state index in [-0.39, 0.29) is 0 Å². The Morgan fingerprint density at radius 2 is 2.13 bits per heavy atom. The lowest BCUT2D eigenvalue weighted by molar-refractivity contribution is -0.136. The molecule has 0 aromatic heterocycles. The molecule has 0 spiro atoms. The summed E-state index contributed by atoms with van der Waals surface area (Å²) in [7, 11) is 0. The second kappa shape index (κ2) is 4.57. The van der Waals surface area contributed by atoms with E-state index in [1.165, 1.54) is 6.07 Å². The first-order chi connectivity index (χ1) is 6.93. The summed E-state index contributed by atoms with van der Waals surface area (Å²) in [6.45, 7) is 3.39. The molecule has 0 unspecified atom stereocenters. The molecular formula is C11H11BrO3. The second-order valence-electron chi connectivity index (χ2n) is 3.55. The average Bonchev–Trinajstić information content (AvgIpc) is 2.16. The zero-order chi connectivity index (χ0) is 11.5. The van der Waals surface area contributed by atoms with Crippen molar-refractivity contribution in [2.24, 2.45) is 0 Å². The summed E-state index contributed by atoms with van der Waals surface area (Å²) in [5.74, 6) is -0.0253. The molecule has 0 bridgehead atoms. The van der Waals surface area contributed by atoms with Crippen LogP contribution in [0.4, 0.5) is 0 Å². The third-order valence-corrected chi connectivity index (χ3v) is 2.01. The Morgan fingerprint density at radius 1 is 1.47 bits per heavy atom. The smallest absolute Gasteiger partial charge is 0.327 e. The summed E-state index contributed by atoms with van der Waals surface area (Å²) in [4.78, 5) is 22.0. The van der Waals surface area contributed by atoms with Crippen molar-refractivity contribution in [3.63, 3.8) is 0 Å². The third kappa shape index (κ3) is 3.47. The molecule has 15 heavy (non-hydrogen) atoms. The molecule has 80 valence electrons. The van der Waals surface area contributed by atoms with Crippen LogP contribution < -0.4 is 4.74 Å². The molecule has 1 aromatic carbocycles. The third-order valence-electron chi connectivity index (χ3n) is 1.69. The molecular weight excluding hydrogens is 260 g/mol. The molecule has 4 heteroatoms. The van der Waals surface area contributed by atoms with Crippen LogP contribution in [-0.4, -0.2) is 16.6 Å². The Balaban J connectivity index is 2.81. The molecule has 0 aliphatic rings. The molecule has 3 nitrogen and oxygen atoms in total. The van der Waals surface area contributed by atoms with Crippen LogP contribution in [0.2, 0.25) is 0 Å². The van der Waals surface area contributed by atoms with Gasteiger partial charge in [-0.15, -0.1) is 0 Å². The van der Waals surface area contributed by atoms with Crippen LogP contribution in [-0.2, 0) is 4.79 Å². The van der Waals surface area contributed by atoms with Crippen LogP contribution in [0.3, 0.4) is 0 Å². The Labute approximate surface area is 96.6 Å². The van der Waals surface area contributed by atoms with E-state index in [0.29, 0.717) is 17.6 Å². The highest BCUT2D eigenvalue weighted by Crippen LogP contribution is 2.20. The maximum Gasteiger partial charge on any atom is 0.327 e. The molecule has 0 N–H and O–H groups in total. The van der Waals surface area contributed by atoms with Gasteiger partial charge < -0.3 is 4.74 Å². The molecule has 1 aromatic rings. The Bertz CT molecular complexity index is 380. The number of hydrogen-bond donors (Lipinski definition) is 0. The van der Waals surface area contributed by atoms with Crippen molar-refractivity contribution in [2.75, 3.05) is 0 Å². The summed E-state index contributed by atoms with van der Waals surface area (Å²) in [5, 5.41) is 0. The maximum atomic E-state index is 11.5. The zero-order valence-electron chi connectivity index (χ0n) is 8.49. The standard InChI is InChI=1S/C11H11BrO3/c1-11(2,12)10(14)15-9-5-3-4-8(6-9)7-13/h3-7H,1-2H3. The van der Waals surface area contributed by atoms with Gasteiger partial charge in [0.05, 0.1) is 0 Å². The molecule has 0 heterocycles. The second-order valence-corrected chi connectivity index (χ2v) is 5.53. The molecule has 0 aliphatic heterocycles. The van der Waals surface area contributed by atoms with Crippen molar-refractivity contribution in [3.8, 4) is 5.75 Å². The van der Waals surface area contributed by atoms with Crippen molar-refractivity contribution in [1.82, 2.24) is 0 Å². The van der Waals surface area contributed by atoms with E-state index in [2.05, 4.69) is 15.9 Å². The van der Waals surface area contributed by atoms with Crippen LogP contribution in [0.15, 0.2) is 24.3 Å². The van der Waals surface area contributed by atoms with E-state index >= 15 is 0 Å². The van der Waals surface area contributed by atoms with Gasteiger partial charge in [0.1, 0.15) is 16.4 Å². The summed E-state index contributed by atoms with van der Waals surface area (Å²) >= 11 is 3.19. The summed E-state index contributed by atoms with van der Waals surface area (Å²) in [6.07, 6.45) is 0.705. The molecule has 0 radical (unpaired) electrons. The first-order valence-corrected chi connectivity index (χ1v) is 5.19. The highest BCUT2D eigenvalue weighted by atomic mass is 79.9. The van der Waals surface area contributed by atoms with Crippen molar-refractivity contribution in [1.29, 1.82) is 0 Å². The fraction of sp³-hybridized carbons (Fsp3) is 0.273. The minimum atomic E-state index is -0.732. The van der Waals surface area contributed by atoms with Crippen molar-refractivity contribution < 1.29 is 14.3 Å². The number of benzene rings is 1. The number of hydrogen-bond acceptors (Lipinski definition) is 3. The van der Waals surface area contributed by atoms with Crippen molar-refractivity contribution in [2.45, 2.75) is 18.2 Å². The molecule has 0 aliphatic carbocycles. The number of carbonyl (C=O) groups excluding carboxylic acids is 2. The number of aldehydes is 1. The number of alkyl halides is 1. The molecule has 1 rings (SSSR count). The van der Waals surface area contributed by atoms with E-state index in [4.69, 9.17) is 4.74 Å². The maximum absolute atomic E-state index is 11.5. The van der Waals surface area contributed by atoms with E-state index in [1.54, 1.807) is 32.0 Å². The highest BCUT2D eigenvalue weighted by molar-refractivity contribution is 9.10. The van der Waals surface area contributed by atoms with Crippen molar-refractivity contribution in [3.05, 3.63) is 29.8 Å². The van der Waals surface area contributed by atoms with Gasteiger partial charge in [0.2, 0.25) is 0 Å². The molecule has 0 saturated heterocycles. The highest BCUT2D eigenvalue weighted by Gasteiger charge is 2.25. The van der Waals surface area contributed by atoms with Gasteiger partial charge >= 0.3 is 5.97 Å². The predicted octanol–water partition coefficient (Wildman–Crippen LogP) is 2.58. The fourth-order valence-corrected chi connectivity index (χ4v) is 0.961. The fourth-order valence-electron chi connectivity index (χ4n) is 0.880. The van der Waals surface area contributed by atoms with Crippen LogP contribution >= 0.6 is 15.9 Å². The average molecular weight is 271 g/mol. The van der Waals surface area contributed by atoms with Crippen LogP contribution in [0, 0.1) is 0 Å². The van der Waals surface area contributed by atoms with Gasteiger partial charge in [-0.25, -0.2) is 0 Å². The van der Waals surface area contributed by atoms with Gasteiger partial charge in [-0.05, 0) is 26.0 Å². The first-order valence-electron chi connectivity index (χ1n) is 4.40. The molecule has 0 saturated carbocycles. The molecule has 0 fully saturated rings. The summed E-state index contributed by atoms with van der Waals surface area (Å²) in [6, 6.07) is 6.45. The molecule has 0 atom stereocenters. The van der Waals surface area contributed by atoms with Gasteiger partial charge in [0.15, 0.2) is 0 Å². The quantitative estimate of drug-likeness (QED) is 0.367. The van der Waals surface area contributed by atoms with E-state index in [9.17, 15) is 9.59 Å². The normalized spacial score (nSPS) is 10.9. The number of rotatable bonds is 3. The van der Waals surface area contributed by atoms with Crippen LogP contribution in [0.5, 0.6) is 5.75 Å². The lowest BCUT2D eigenvalue weighted by Crippen LogP contribution is -2.29. The molecule has 0 amide bonds. The Hall–Kier alpha value is -1.16. The van der Waals surface area contributed by atoms with Gasteiger partial charge in [-0.1, -0.05) is 28.1 Å². The van der Waals surface area contributed by atoms with Crippen LogP contribution in [0.25, 0.3) is 0 Å². The van der Waals surface area contributed by atoms with E-state index in [1.807, 2.05) is 0 Å². The number of ether oxygens (including phenoxy) is 1. The Morgan fingerprint density at radius 3 is 2.67 bits per heavy atom. The SMILES string of the molecule is CC(C)(Br)C(=O)Oc1cccc(C=O)c1. The number of halogens is 1. The minimum Gasteiger partial charge on any atom is -0.425 e. The van der Waals surface area contributed by atoms with Crippen molar-refractivity contribution >= 4 is 28.2 Å². The van der Waals surface area contributed by atoms with Gasteiger partial charge in [0.25, 0.3) is 0 Å². The number of carbonyl (C=O) groups is 2. The summed E-state index contributed by atoms with van der Waals surface area (Å²) < 4.78 is 4.34. The Kier molecular flexibility index (Phi) is 3.63. The van der Waals surface area contributed by atoms with Gasteiger partial charge in [-0.3, -0.25) is 9.59 Å². The first kappa shape index (κ1) is 11.9. The largest absolute Gasteiger partial charge is 0.425 e. The zero-order valence-corrected chi connectivity index (χ0v) is 10.1. The lowest BCUT2D eigenvalue weighted by Gasteiger charge is -2.14. The van der Waals surface area contributed by atoms with Crippen LogP contribution in [0.1, 0.15) is 24.2 Å².